The summed E-state index contributed by atoms with van der Waals surface area (Å²) >= 11 is 6.26. The lowest BCUT2D eigenvalue weighted by Gasteiger charge is -2.28. The molecule has 0 aliphatic carbocycles. The van der Waals surface area contributed by atoms with Crippen molar-refractivity contribution >= 4 is 11.6 Å². The minimum atomic E-state index is -0.678. The van der Waals surface area contributed by atoms with Crippen molar-refractivity contribution in [1.82, 2.24) is 0 Å². The number of ether oxygens (including phenoxy) is 1. The Morgan fingerprint density at radius 1 is 1.33 bits per heavy atom. The van der Waals surface area contributed by atoms with E-state index in [4.69, 9.17) is 16.3 Å². The van der Waals surface area contributed by atoms with E-state index in [-0.39, 0.29) is 11.6 Å². The number of halogens is 1. The minimum absolute atomic E-state index is 0.230. The summed E-state index contributed by atoms with van der Waals surface area (Å²) in [6.45, 7) is 9.95. The van der Waals surface area contributed by atoms with Crippen LogP contribution < -0.4 is 0 Å². The zero-order chi connectivity index (χ0) is 12.1. The second-order valence-electron chi connectivity index (χ2n) is 4.76. The standard InChI is InChI=1S/C11H23ClN2O/c1-7-9(2)13-14-11(5,12)8-10(3,4)15-6/h9H,7-8H2,1-6H3. The van der Waals surface area contributed by atoms with Gasteiger partial charge in [-0.2, -0.15) is 10.2 Å². The van der Waals surface area contributed by atoms with Gasteiger partial charge in [-0.1, -0.05) is 18.5 Å². The van der Waals surface area contributed by atoms with Gasteiger partial charge in [-0.15, -0.1) is 0 Å². The Labute approximate surface area is 98.3 Å². The van der Waals surface area contributed by atoms with Crippen LogP contribution >= 0.6 is 11.6 Å². The fourth-order valence-corrected chi connectivity index (χ4v) is 1.55. The summed E-state index contributed by atoms with van der Waals surface area (Å²) in [4.78, 5) is -0.678. The zero-order valence-corrected chi connectivity index (χ0v) is 11.4. The molecule has 0 amide bonds. The average molecular weight is 235 g/mol. The van der Waals surface area contributed by atoms with Crippen LogP contribution in [0.2, 0.25) is 0 Å². The fraction of sp³-hybridized carbons (Fsp3) is 1.00. The van der Waals surface area contributed by atoms with Crippen LogP contribution in [0.3, 0.4) is 0 Å². The molecule has 0 aromatic carbocycles. The number of hydrogen-bond donors (Lipinski definition) is 0. The minimum Gasteiger partial charge on any atom is -0.379 e. The van der Waals surface area contributed by atoms with Gasteiger partial charge in [0.05, 0.1) is 11.6 Å². The van der Waals surface area contributed by atoms with Crippen LogP contribution in [0.1, 0.15) is 47.5 Å². The average Bonchev–Trinajstić information content (AvgIpc) is 2.13. The van der Waals surface area contributed by atoms with Gasteiger partial charge >= 0.3 is 0 Å². The van der Waals surface area contributed by atoms with Gasteiger partial charge in [0.1, 0.15) is 0 Å². The van der Waals surface area contributed by atoms with Gasteiger partial charge in [-0.05, 0) is 34.1 Å². The summed E-state index contributed by atoms with van der Waals surface area (Å²) in [7, 11) is 1.68. The molecule has 0 aliphatic rings. The van der Waals surface area contributed by atoms with Crippen molar-refractivity contribution in [2.45, 2.75) is 64.1 Å². The van der Waals surface area contributed by atoms with Crippen molar-refractivity contribution < 1.29 is 4.74 Å². The molecule has 0 N–H and O–H groups in total. The third kappa shape index (κ3) is 6.85. The highest BCUT2D eigenvalue weighted by Gasteiger charge is 2.30. The molecule has 0 saturated heterocycles. The van der Waals surface area contributed by atoms with Crippen molar-refractivity contribution in [3.8, 4) is 0 Å². The second kappa shape index (κ2) is 5.80. The van der Waals surface area contributed by atoms with Crippen molar-refractivity contribution in [2.24, 2.45) is 10.2 Å². The molecule has 0 bridgehead atoms. The summed E-state index contributed by atoms with van der Waals surface area (Å²) in [6, 6.07) is 0.230. The predicted molar refractivity (Wildman–Crippen MR) is 64.6 cm³/mol. The quantitative estimate of drug-likeness (QED) is 0.389. The molecule has 0 rings (SSSR count). The van der Waals surface area contributed by atoms with Crippen LogP contribution in [-0.2, 0) is 4.74 Å². The van der Waals surface area contributed by atoms with E-state index >= 15 is 0 Å². The van der Waals surface area contributed by atoms with Gasteiger partial charge in [-0.25, -0.2) is 0 Å². The Morgan fingerprint density at radius 3 is 2.27 bits per heavy atom. The van der Waals surface area contributed by atoms with E-state index in [1.807, 2.05) is 27.7 Å². The molecule has 90 valence electrons. The van der Waals surface area contributed by atoms with E-state index in [1.54, 1.807) is 7.11 Å². The number of hydrogen-bond acceptors (Lipinski definition) is 3. The molecule has 0 heterocycles. The summed E-state index contributed by atoms with van der Waals surface area (Å²) < 4.78 is 5.32. The van der Waals surface area contributed by atoms with Crippen LogP contribution in [0.5, 0.6) is 0 Å². The number of alkyl halides is 1. The van der Waals surface area contributed by atoms with E-state index in [0.29, 0.717) is 6.42 Å². The molecule has 15 heavy (non-hydrogen) atoms. The molecule has 0 spiro atoms. The van der Waals surface area contributed by atoms with Crippen LogP contribution in [0.15, 0.2) is 10.2 Å². The van der Waals surface area contributed by atoms with Crippen LogP contribution in [0.4, 0.5) is 0 Å². The Balaban J connectivity index is 4.36. The van der Waals surface area contributed by atoms with Gasteiger partial charge in [0.2, 0.25) is 0 Å². The highest BCUT2D eigenvalue weighted by Crippen LogP contribution is 2.30. The second-order valence-corrected chi connectivity index (χ2v) is 5.57. The first-order chi connectivity index (χ1) is 6.72. The van der Waals surface area contributed by atoms with E-state index in [9.17, 15) is 0 Å². The first kappa shape index (κ1) is 14.8. The first-order valence-corrected chi connectivity index (χ1v) is 5.76. The molecule has 2 unspecified atom stereocenters. The Hall–Kier alpha value is -0.150. The smallest absolute Gasteiger partial charge is 0.154 e. The van der Waals surface area contributed by atoms with E-state index in [0.717, 1.165) is 6.42 Å². The predicted octanol–water partition coefficient (Wildman–Crippen LogP) is 4.01. The molecule has 0 fully saturated rings. The van der Waals surface area contributed by atoms with Crippen molar-refractivity contribution in [3.05, 3.63) is 0 Å². The van der Waals surface area contributed by atoms with Gasteiger partial charge in [0, 0.05) is 13.5 Å². The maximum atomic E-state index is 6.26. The zero-order valence-electron chi connectivity index (χ0n) is 10.7. The van der Waals surface area contributed by atoms with Crippen molar-refractivity contribution in [2.75, 3.05) is 7.11 Å². The van der Waals surface area contributed by atoms with Gasteiger partial charge < -0.3 is 4.74 Å². The SMILES string of the molecule is CCC(C)N=NC(C)(Cl)CC(C)(C)OC. The maximum Gasteiger partial charge on any atom is 0.154 e. The molecular formula is C11H23ClN2O. The maximum absolute atomic E-state index is 6.26. The molecule has 0 radical (unpaired) electrons. The molecule has 2 atom stereocenters. The Kier molecular flexibility index (Phi) is 5.75. The molecular weight excluding hydrogens is 212 g/mol. The van der Waals surface area contributed by atoms with Gasteiger partial charge in [0.25, 0.3) is 0 Å². The van der Waals surface area contributed by atoms with Gasteiger partial charge in [0.15, 0.2) is 5.00 Å². The van der Waals surface area contributed by atoms with Gasteiger partial charge in [-0.3, -0.25) is 0 Å². The number of methoxy groups -OCH3 is 1. The molecule has 0 saturated carbocycles. The molecule has 0 aromatic heterocycles. The lowest BCUT2D eigenvalue weighted by molar-refractivity contribution is 0.00735. The topological polar surface area (TPSA) is 34.0 Å². The summed E-state index contributed by atoms with van der Waals surface area (Å²) in [5, 5.41) is 8.34. The number of rotatable bonds is 6. The lowest BCUT2D eigenvalue weighted by Crippen LogP contribution is -2.31. The Morgan fingerprint density at radius 2 is 1.87 bits per heavy atom. The number of azo groups is 1. The summed E-state index contributed by atoms with van der Waals surface area (Å²) in [5.41, 5.74) is -0.273. The summed E-state index contributed by atoms with van der Waals surface area (Å²) in [6.07, 6.45) is 1.61. The van der Waals surface area contributed by atoms with Crippen LogP contribution in [-0.4, -0.2) is 23.8 Å². The highest BCUT2D eigenvalue weighted by molar-refractivity contribution is 6.23. The van der Waals surface area contributed by atoms with E-state index in [1.165, 1.54) is 0 Å². The molecule has 3 nitrogen and oxygen atoms in total. The molecule has 4 heteroatoms. The normalized spacial score (nSPS) is 19.1. The van der Waals surface area contributed by atoms with Crippen LogP contribution in [0, 0.1) is 0 Å². The number of nitrogens with zero attached hydrogens (tertiary/aromatic N) is 2. The van der Waals surface area contributed by atoms with Crippen LogP contribution in [0.25, 0.3) is 0 Å². The monoisotopic (exact) mass is 234 g/mol. The van der Waals surface area contributed by atoms with E-state index in [2.05, 4.69) is 17.2 Å². The fourth-order valence-electron chi connectivity index (χ4n) is 1.19. The third-order valence-corrected chi connectivity index (χ3v) is 2.56. The summed E-state index contributed by atoms with van der Waals surface area (Å²) in [5.74, 6) is 0. The third-order valence-electron chi connectivity index (χ3n) is 2.36. The highest BCUT2D eigenvalue weighted by atomic mass is 35.5. The largest absolute Gasteiger partial charge is 0.379 e. The van der Waals surface area contributed by atoms with Crippen molar-refractivity contribution in [1.29, 1.82) is 0 Å². The first-order valence-electron chi connectivity index (χ1n) is 5.38. The lowest BCUT2D eigenvalue weighted by atomic mass is 10.00. The Bertz CT molecular complexity index is 215. The molecule has 0 aliphatic heterocycles. The molecule has 0 aromatic rings. The van der Waals surface area contributed by atoms with E-state index < -0.39 is 5.00 Å². The van der Waals surface area contributed by atoms with Crippen molar-refractivity contribution in [3.63, 3.8) is 0 Å².